The molecule has 22 heavy (non-hydrogen) atoms. The smallest absolute Gasteiger partial charge is 0.347 e. The van der Waals surface area contributed by atoms with E-state index >= 15 is 0 Å². The number of rotatable bonds is 5. The van der Waals surface area contributed by atoms with Crippen molar-refractivity contribution in [1.82, 2.24) is 10.3 Å². The Morgan fingerprint density at radius 2 is 2.00 bits per heavy atom. The minimum absolute atomic E-state index is 0.0101. The first-order chi connectivity index (χ1) is 10.4. The zero-order valence-corrected chi connectivity index (χ0v) is 13.9. The van der Waals surface area contributed by atoms with Crippen LogP contribution in [0.4, 0.5) is 0 Å². The fourth-order valence-corrected chi connectivity index (χ4v) is 3.55. The van der Waals surface area contributed by atoms with E-state index in [4.69, 9.17) is 9.84 Å². The molecule has 2 atom stereocenters. The molecule has 1 aromatic rings. The summed E-state index contributed by atoms with van der Waals surface area (Å²) in [5.41, 5.74) is 0.492. The van der Waals surface area contributed by atoms with Crippen LogP contribution in [0.1, 0.15) is 53.1 Å². The van der Waals surface area contributed by atoms with Crippen molar-refractivity contribution in [3.05, 3.63) is 15.6 Å². The van der Waals surface area contributed by atoms with Gasteiger partial charge in [-0.3, -0.25) is 4.79 Å². The molecule has 1 aliphatic rings. The Morgan fingerprint density at radius 3 is 2.55 bits per heavy atom. The number of carboxylic acids is 1. The van der Waals surface area contributed by atoms with Crippen molar-refractivity contribution in [2.24, 2.45) is 11.8 Å². The van der Waals surface area contributed by atoms with Crippen molar-refractivity contribution in [2.45, 2.75) is 39.7 Å². The number of carboxylic acid groups (broad SMARTS) is 1. The summed E-state index contributed by atoms with van der Waals surface area (Å²) in [5.74, 6) is -0.723. The molecule has 0 saturated carbocycles. The molecule has 0 aromatic carbocycles. The first kappa shape index (κ1) is 16.9. The molecule has 2 unspecified atom stereocenters. The van der Waals surface area contributed by atoms with E-state index in [1.54, 1.807) is 6.92 Å². The van der Waals surface area contributed by atoms with Gasteiger partial charge in [-0.25, -0.2) is 9.78 Å². The molecule has 7 heteroatoms. The molecule has 0 aliphatic carbocycles. The highest BCUT2D eigenvalue weighted by molar-refractivity contribution is 7.13. The van der Waals surface area contributed by atoms with Crippen molar-refractivity contribution >= 4 is 23.2 Å². The number of nitrogens with zero attached hydrogens (tertiary/aromatic N) is 1. The average Bonchev–Trinajstić information content (AvgIpc) is 2.89. The fraction of sp³-hybridized carbons (Fsp3) is 0.667. The Balaban J connectivity index is 1.98. The van der Waals surface area contributed by atoms with Crippen molar-refractivity contribution in [3.8, 4) is 0 Å². The Hall–Kier alpha value is -1.47. The summed E-state index contributed by atoms with van der Waals surface area (Å²) in [4.78, 5) is 27.9. The van der Waals surface area contributed by atoms with Gasteiger partial charge in [-0.1, -0.05) is 6.92 Å². The van der Waals surface area contributed by atoms with Gasteiger partial charge in [-0.15, -0.1) is 11.3 Å². The number of hydrogen-bond acceptors (Lipinski definition) is 5. The van der Waals surface area contributed by atoms with Gasteiger partial charge in [0.05, 0.1) is 11.7 Å². The quantitative estimate of drug-likeness (QED) is 0.867. The molecular weight excluding hydrogens is 304 g/mol. The number of amides is 1. The number of aromatic nitrogens is 1. The normalized spacial score (nSPS) is 18.7. The highest BCUT2D eigenvalue weighted by Crippen LogP contribution is 2.26. The van der Waals surface area contributed by atoms with Crippen LogP contribution < -0.4 is 5.32 Å². The minimum atomic E-state index is -0.977. The summed E-state index contributed by atoms with van der Waals surface area (Å²) in [6, 6.07) is -0.286. The van der Waals surface area contributed by atoms with E-state index in [1.807, 2.05) is 13.8 Å². The van der Waals surface area contributed by atoms with Gasteiger partial charge in [0.25, 0.3) is 0 Å². The third kappa shape index (κ3) is 3.84. The third-order valence-electron chi connectivity index (χ3n) is 4.12. The second-order valence-electron chi connectivity index (χ2n) is 5.74. The van der Waals surface area contributed by atoms with E-state index in [0.29, 0.717) is 29.8 Å². The van der Waals surface area contributed by atoms with Crippen LogP contribution >= 0.6 is 11.3 Å². The lowest BCUT2D eigenvalue weighted by molar-refractivity contribution is -0.127. The summed E-state index contributed by atoms with van der Waals surface area (Å²) >= 11 is 1.12. The zero-order chi connectivity index (χ0) is 16.3. The molecule has 1 fully saturated rings. The SMILES string of the molecule is Cc1nc(C(C)NC(=O)C(C)C2CCOCC2)sc1C(=O)O. The maximum absolute atomic E-state index is 12.4. The van der Waals surface area contributed by atoms with Gasteiger partial charge in [-0.05, 0) is 32.6 Å². The Morgan fingerprint density at radius 1 is 1.36 bits per heavy atom. The number of aromatic carboxylic acids is 1. The van der Waals surface area contributed by atoms with Crippen LogP contribution in [0.3, 0.4) is 0 Å². The highest BCUT2D eigenvalue weighted by atomic mass is 32.1. The summed E-state index contributed by atoms with van der Waals surface area (Å²) in [6.45, 7) is 6.87. The number of hydrogen-bond donors (Lipinski definition) is 2. The van der Waals surface area contributed by atoms with Crippen LogP contribution in [0.15, 0.2) is 0 Å². The van der Waals surface area contributed by atoms with E-state index < -0.39 is 5.97 Å². The topological polar surface area (TPSA) is 88.5 Å². The van der Waals surface area contributed by atoms with Gasteiger partial charge in [0.1, 0.15) is 9.88 Å². The van der Waals surface area contributed by atoms with Gasteiger partial charge in [0.2, 0.25) is 5.91 Å². The standard InChI is InChI=1S/C15H22N2O4S/c1-8(11-4-6-21-7-5-11)13(18)16-10(3)14-17-9(2)12(22-14)15(19)20/h8,10-11H,4-7H2,1-3H3,(H,16,18)(H,19,20). The van der Waals surface area contributed by atoms with Crippen molar-refractivity contribution in [2.75, 3.05) is 13.2 Å². The second-order valence-corrected chi connectivity index (χ2v) is 6.77. The number of carbonyl (C=O) groups is 2. The predicted octanol–water partition coefficient (Wildman–Crippen LogP) is 2.39. The molecule has 122 valence electrons. The third-order valence-corrected chi connectivity index (χ3v) is 5.45. The molecule has 2 N–H and O–H groups in total. The Kier molecular flexibility index (Phi) is 5.52. The zero-order valence-electron chi connectivity index (χ0n) is 13.1. The molecule has 2 heterocycles. The molecule has 1 saturated heterocycles. The molecule has 1 amide bonds. The molecule has 1 aromatic heterocycles. The minimum Gasteiger partial charge on any atom is -0.477 e. The Bertz CT molecular complexity index is 552. The number of nitrogens with one attached hydrogen (secondary N) is 1. The molecular formula is C15H22N2O4S. The highest BCUT2D eigenvalue weighted by Gasteiger charge is 2.27. The number of thiazole rings is 1. The first-order valence-corrected chi connectivity index (χ1v) is 8.30. The van der Waals surface area contributed by atoms with Gasteiger partial charge >= 0.3 is 5.97 Å². The fourth-order valence-electron chi connectivity index (χ4n) is 2.64. The molecule has 0 radical (unpaired) electrons. The summed E-state index contributed by atoms with van der Waals surface area (Å²) < 4.78 is 5.32. The van der Waals surface area contributed by atoms with E-state index in [2.05, 4.69) is 10.3 Å². The molecule has 1 aliphatic heterocycles. The summed E-state index contributed by atoms with van der Waals surface area (Å²) in [7, 11) is 0. The van der Waals surface area contributed by atoms with E-state index in [9.17, 15) is 9.59 Å². The van der Waals surface area contributed by atoms with Gasteiger partial charge < -0.3 is 15.2 Å². The van der Waals surface area contributed by atoms with Gasteiger partial charge in [0.15, 0.2) is 0 Å². The van der Waals surface area contributed by atoms with Crippen LogP contribution in [-0.4, -0.2) is 35.2 Å². The van der Waals surface area contributed by atoms with Crippen LogP contribution in [0.2, 0.25) is 0 Å². The van der Waals surface area contributed by atoms with Gasteiger partial charge in [-0.2, -0.15) is 0 Å². The van der Waals surface area contributed by atoms with Gasteiger partial charge in [0, 0.05) is 19.1 Å². The van der Waals surface area contributed by atoms with E-state index in [-0.39, 0.29) is 22.7 Å². The first-order valence-electron chi connectivity index (χ1n) is 7.49. The largest absolute Gasteiger partial charge is 0.477 e. The van der Waals surface area contributed by atoms with Crippen LogP contribution in [0.25, 0.3) is 0 Å². The predicted molar refractivity (Wildman–Crippen MR) is 83.1 cm³/mol. The Labute approximate surface area is 133 Å². The lowest BCUT2D eigenvalue weighted by Crippen LogP contribution is -2.36. The van der Waals surface area contributed by atoms with Crippen molar-refractivity contribution in [3.63, 3.8) is 0 Å². The van der Waals surface area contributed by atoms with Crippen molar-refractivity contribution < 1.29 is 19.4 Å². The lowest BCUT2D eigenvalue weighted by Gasteiger charge is -2.27. The van der Waals surface area contributed by atoms with Crippen LogP contribution in [0.5, 0.6) is 0 Å². The number of ether oxygens (including phenoxy) is 1. The van der Waals surface area contributed by atoms with Crippen LogP contribution in [-0.2, 0) is 9.53 Å². The maximum Gasteiger partial charge on any atom is 0.347 e. The summed E-state index contributed by atoms with van der Waals surface area (Å²) in [6.07, 6.45) is 1.81. The monoisotopic (exact) mass is 326 g/mol. The van der Waals surface area contributed by atoms with Crippen LogP contribution in [0, 0.1) is 18.8 Å². The maximum atomic E-state index is 12.4. The molecule has 6 nitrogen and oxygen atoms in total. The summed E-state index contributed by atoms with van der Waals surface area (Å²) in [5, 5.41) is 12.6. The lowest BCUT2D eigenvalue weighted by atomic mass is 9.86. The number of aryl methyl sites for hydroxylation is 1. The van der Waals surface area contributed by atoms with E-state index in [0.717, 1.165) is 24.2 Å². The molecule has 2 rings (SSSR count). The van der Waals surface area contributed by atoms with Crippen molar-refractivity contribution in [1.29, 1.82) is 0 Å². The number of carbonyl (C=O) groups excluding carboxylic acids is 1. The second kappa shape index (κ2) is 7.19. The van der Waals surface area contributed by atoms with E-state index in [1.165, 1.54) is 0 Å². The molecule has 0 spiro atoms. The molecule has 0 bridgehead atoms. The average molecular weight is 326 g/mol.